The standard InChI is InChI=1S/C13H19ClN2OS/c1-9(11-3-4-12(14)18-11)13(17)16(2)10-5-7-15-8-6-10/h3-4,9-10,15H,5-8H2,1-2H3. The first-order chi connectivity index (χ1) is 8.59. The van der Waals surface area contributed by atoms with Crippen LogP contribution in [-0.2, 0) is 4.79 Å². The molecule has 1 amide bonds. The summed E-state index contributed by atoms with van der Waals surface area (Å²) in [5.41, 5.74) is 0. The molecule has 100 valence electrons. The zero-order valence-electron chi connectivity index (χ0n) is 10.8. The van der Waals surface area contributed by atoms with Crippen LogP contribution in [-0.4, -0.2) is 37.0 Å². The Morgan fingerprint density at radius 3 is 2.72 bits per heavy atom. The number of carbonyl (C=O) groups excluding carboxylic acids is 1. The van der Waals surface area contributed by atoms with E-state index in [4.69, 9.17) is 11.6 Å². The fourth-order valence-corrected chi connectivity index (χ4v) is 3.47. The van der Waals surface area contributed by atoms with Gasteiger partial charge in [-0.2, -0.15) is 0 Å². The number of piperidine rings is 1. The molecule has 2 heterocycles. The molecule has 1 saturated heterocycles. The summed E-state index contributed by atoms with van der Waals surface area (Å²) in [6, 6.07) is 4.18. The Hall–Kier alpha value is -0.580. The number of hydrogen-bond donors (Lipinski definition) is 1. The first-order valence-electron chi connectivity index (χ1n) is 6.32. The van der Waals surface area contributed by atoms with Crippen LogP contribution in [0, 0.1) is 0 Å². The van der Waals surface area contributed by atoms with Crippen LogP contribution in [0.4, 0.5) is 0 Å². The zero-order chi connectivity index (χ0) is 13.1. The van der Waals surface area contributed by atoms with Gasteiger partial charge >= 0.3 is 0 Å². The molecule has 0 bridgehead atoms. The largest absolute Gasteiger partial charge is 0.342 e. The number of carbonyl (C=O) groups is 1. The number of nitrogens with one attached hydrogen (secondary N) is 1. The van der Waals surface area contributed by atoms with Crippen LogP contribution in [0.3, 0.4) is 0 Å². The summed E-state index contributed by atoms with van der Waals surface area (Å²) < 4.78 is 0.745. The zero-order valence-corrected chi connectivity index (χ0v) is 12.4. The molecular weight excluding hydrogens is 268 g/mol. The Morgan fingerprint density at radius 1 is 1.50 bits per heavy atom. The Morgan fingerprint density at radius 2 is 2.17 bits per heavy atom. The molecule has 1 atom stereocenters. The van der Waals surface area contributed by atoms with Gasteiger partial charge in [0, 0.05) is 18.0 Å². The third-order valence-electron chi connectivity index (χ3n) is 3.60. The van der Waals surface area contributed by atoms with Crippen molar-refractivity contribution in [2.75, 3.05) is 20.1 Å². The normalized spacial score (nSPS) is 18.6. The number of hydrogen-bond acceptors (Lipinski definition) is 3. The predicted octanol–water partition coefficient (Wildman–Crippen LogP) is 2.72. The Labute approximate surface area is 117 Å². The van der Waals surface area contributed by atoms with Crippen LogP contribution < -0.4 is 5.32 Å². The van der Waals surface area contributed by atoms with Gasteiger partial charge in [-0.1, -0.05) is 11.6 Å². The van der Waals surface area contributed by atoms with Crippen LogP contribution in [0.15, 0.2) is 12.1 Å². The minimum atomic E-state index is -0.0950. The van der Waals surface area contributed by atoms with E-state index in [1.807, 2.05) is 31.0 Å². The topological polar surface area (TPSA) is 32.3 Å². The molecule has 18 heavy (non-hydrogen) atoms. The van der Waals surface area contributed by atoms with Crippen molar-refractivity contribution in [1.29, 1.82) is 0 Å². The molecule has 2 rings (SSSR count). The average Bonchev–Trinajstić information content (AvgIpc) is 2.84. The maximum atomic E-state index is 12.4. The SMILES string of the molecule is CC(C(=O)N(C)C1CCNCC1)c1ccc(Cl)s1. The predicted molar refractivity (Wildman–Crippen MR) is 76.4 cm³/mol. The van der Waals surface area contributed by atoms with Gasteiger partial charge in [0.1, 0.15) is 0 Å². The molecule has 0 aliphatic carbocycles. The molecule has 1 fully saturated rings. The number of likely N-dealkylation sites (N-methyl/N-ethyl adjacent to an activating group) is 1. The lowest BCUT2D eigenvalue weighted by Gasteiger charge is -2.33. The minimum Gasteiger partial charge on any atom is -0.342 e. The first kappa shape index (κ1) is 13.8. The van der Waals surface area contributed by atoms with Crippen molar-refractivity contribution in [2.45, 2.75) is 31.7 Å². The Balaban J connectivity index is 2.01. The molecule has 1 aromatic heterocycles. The van der Waals surface area contributed by atoms with Crippen molar-refractivity contribution in [2.24, 2.45) is 0 Å². The number of nitrogens with zero attached hydrogens (tertiary/aromatic N) is 1. The minimum absolute atomic E-state index is 0.0950. The molecule has 0 spiro atoms. The molecule has 0 radical (unpaired) electrons. The number of amides is 1. The van der Waals surface area contributed by atoms with Crippen LogP contribution in [0.2, 0.25) is 4.34 Å². The van der Waals surface area contributed by atoms with E-state index >= 15 is 0 Å². The molecule has 1 unspecified atom stereocenters. The van der Waals surface area contributed by atoms with Gasteiger partial charge in [0.25, 0.3) is 0 Å². The van der Waals surface area contributed by atoms with Crippen molar-refractivity contribution in [3.63, 3.8) is 0 Å². The van der Waals surface area contributed by atoms with Gasteiger partial charge in [-0.25, -0.2) is 0 Å². The summed E-state index contributed by atoms with van der Waals surface area (Å²) in [5, 5.41) is 3.32. The third kappa shape index (κ3) is 3.05. The fourth-order valence-electron chi connectivity index (χ4n) is 2.36. The molecule has 1 aliphatic heterocycles. The molecular formula is C13H19ClN2OS. The van der Waals surface area contributed by atoms with E-state index in [9.17, 15) is 4.79 Å². The second-order valence-electron chi connectivity index (χ2n) is 4.79. The van der Waals surface area contributed by atoms with Gasteiger partial charge in [0.05, 0.1) is 10.3 Å². The summed E-state index contributed by atoms with van der Waals surface area (Å²) in [6.07, 6.45) is 2.08. The number of thiophene rings is 1. The summed E-state index contributed by atoms with van der Waals surface area (Å²) in [6.45, 7) is 3.96. The van der Waals surface area contributed by atoms with Crippen LogP contribution >= 0.6 is 22.9 Å². The lowest BCUT2D eigenvalue weighted by molar-refractivity contribution is -0.133. The van der Waals surface area contributed by atoms with E-state index in [0.717, 1.165) is 35.1 Å². The average molecular weight is 287 g/mol. The van der Waals surface area contributed by atoms with E-state index in [1.54, 1.807) is 0 Å². The summed E-state index contributed by atoms with van der Waals surface area (Å²) >= 11 is 7.42. The van der Waals surface area contributed by atoms with Crippen molar-refractivity contribution >= 4 is 28.8 Å². The number of rotatable bonds is 3. The molecule has 3 nitrogen and oxygen atoms in total. The van der Waals surface area contributed by atoms with Gasteiger partial charge in [0.2, 0.25) is 5.91 Å². The van der Waals surface area contributed by atoms with E-state index in [-0.39, 0.29) is 11.8 Å². The third-order valence-corrected chi connectivity index (χ3v) is 5.01. The summed E-state index contributed by atoms with van der Waals surface area (Å²) in [5.74, 6) is 0.0998. The molecule has 5 heteroatoms. The van der Waals surface area contributed by atoms with Gasteiger partial charge in [0.15, 0.2) is 0 Å². The molecule has 1 aliphatic rings. The first-order valence-corrected chi connectivity index (χ1v) is 7.51. The van der Waals surface area contributed by atoms with Gasteiger partial charge in [-0.3, -0.25) is 4.79 Å². The summed E-state index contributed by atoms with van der Waals surface area (Å²) in [4.78, 5) is 15.4. The van der Waals surface area contributed by atoms with Crippen LogP contribution in [0.1, 0.15) is 30.6 Å². The molecule has 1 N–H and O–H groups in total. The van der Waals surface area contributed by atoms with Crippen molar-refractivity contribution in [3.8, 4) is 0 Å². The van der Waals surface area contributed by atoms with Crippen molar-refractivity contribution in [3.05, 3.63) is 21.3 Å². The fraction of sp³-hybridized carbons (Fsp3) is 0.615. The Kier molecular flexibility index (Phi) is 4.65. The highest BCUT2D eigenvalue weighted by atomic mass is 35.5. The maximum absolute atomic E-state index is 12.4. The molecule has 0 aromatic carbocycles. The van der Waals surface area contributed by atoms with Gasteiger partial charge in [-0.05, 0) is 45.0 Å². The lowest BCUT2D eigenvalue weighted by Crippen LogP contribution is -2.45. The second-order valence-corrected chi connectivity index (χ2v) is 6.54. The monoisotopic (exact) mass is 286 g/mol. The highest BCUT2D eigenvalue weighted by Crippen LogP contribution is 2.29. The molecule has 0 saturated carbocycles. The van der Waals surface area contributed by atoms with E-state index < -0.39 is 0 Å². The number of halogens is 1. The van der Waals surface area contributed by atoms with E-state index in [2.05, 4.69) is 5.32 Å². The van der Waals surface area contributed by atoms with Crippen molar-refractivity contribution < 1.29 is 4.79 Å². The molecule has 1 aromatic rings. The van der Waals surface area contributed by atoms with Gasteiger partial charge in [-0.15, -0.1) is 11.3 Å². The maximum Gasteiger partial charge on any atom is 0.230 e. The van der Waals surface area contributed by atoms with Crippen molar-refractivity contribution in [1.82, 2.24) is 10.2 Å². The lowest BCUT2D eigenvalue weighted by atomic mass is 10.0. The van der Waals surface area contributed by atoms with Crippen LogP contribution in [0.5, 0.6) is 0 Å². The van der Waals surface area contributed by atoms with E-state index in [1.165, 1.54) is 11.3 Å². The van der Waals surface area contributed by atoms with Gasteiger partial charge < -0.3 is 10.2 Å². The highest BCUT2D eigenvalue weighted by Gasteiger charge is 2.26. The second kappa shape index (κ2) is 6.04. The summed E-state index contributed by atoms with van der Waals surface area (Å²) in [7, 11) is 1.92. The smallest absolute Gasteiger partial charge is 0.230 e. The van der Waals surface area contributed by atoms with E-state index in [0.29, 0.717) is 6.04 Å². The quantitative estimate of drug-likeness (QED) is 0.927. The van der Waals surface area contributed by atoms with Crippen LogP contribution in [0.25, 0.3) is 0 Å². The highest BCUT2D eigenvalue weighted by molar-refractivity contribution is 7.16. The Bertz CT molecular complexity index is 415.